The van der Waals surface area contributed by atoms with E-state index in [2.05, 4.69) is 15.2 Å². The van der Waals surface area contributed by atoms with Crippen molar-refractivity contribution >= 4 is 28.0 Å². The van der Waals surface area contributed by atoms with E-state index in [1.165, 1.54) is 6.07 Å². The Morgan fingerprint density at radius 3 is 2.66 bits per heavy atom. The summed E-state index contributed by atoms with van der Waals surface area (Å²) in [5.41, 5.74) is 2.70. The molecule has 1 aromatic carbocycles. The number of hydrogen-bond donors (Lipinski definition) is 2. The number of carboxylic acids is 1. The maximum atomic E-state index is 14.2. The number of aromatic nitrogens is 4. The van der Waals surface area contributed by atoms with Gasteiger partial charge in [0, 0.05) is 34.8 Å². The molecule has 9 heteroatoms. The summed E-state index contributed by atoms with van der Waals surface area (Å²) in [6.45, 7) is 3.71. The molecule has 0 fully saturated rings. The highest BCUT2D eigenvalue weighted by Gasteiger charge is 2.27. The number of nitrogens with zero attached hydrogens (tertiary/aromatic N) is 3. The number of alkyl halides is 1. The zero-order chi connectivity index (χ0) is 20.9. The van der Waals surface area contributed by atoms with Gasteiger partial charge in [0.05, 0.1) is 17.2 Å². The fourth-order valence-corrected chi connectivity index (χ4v) is 3.62. The second-order valence-electron chi connectivity index (χ2n) is 7.13. The van der Waals surface area contributed by atoms with Gasteiger partial charge >= 0.3 is 5.97 Å². The Kier molecular flexibility index (Phi) is 4.52. The molecule has 2 N–H and O–H groups in total. The van der Waals surface area contributed by atoms with E-state index in [0.717, 1.165) is 12.1 Å². The summed E-state index contributed by atoms with van der Waals surface area (Å²) >= 11 is 0. The lowest BCUT2D eigenvalue weighted by Crippen LogP contribution is -2.18. The first-order chi connectivity index (χ1) is 13.8. The molecule has 0 unspecified atom stereocenters. The Labute approximate surface area is 163 Å². The summed E-state index contributed by atoms with van der Waals surface area (Å²) in [6, 6.07) is 5.23. The third kappa shape index (κ3) is 3.12. The van der Waals surface area contributed by atoms with Gasteiger partial charge in [0.2, 0.25) is 6.17 Å². The van der Waals surface area contributed by atoms with Crippen molar-refractivity contribution in [1.82, 2.24) is 19.7 Å². The summed E-state index contributed by atoms with van der Waals surface area (Å²) in [5.74, 6) is -3.76. The predicted molar refractivity (Wildman–Crippen MR) is 101 cm³/mol. The van der Waals surface area contributed by atoms with Crippen molar-refractivity contribution < 1.29 is 23.1 Å². The van der Waals surface area contributed by atoms with Crippen molar-refractivity contribution in [1.29, 1.82) is 0 Å². The fraction of sp³-hybridized carbons (Fsp3) is 0.250. The Hall–Kier alpha value is -3.36. The minimum absolute atomic E-state index is 0.176. The number of nitrogens with one attached hydrogen (secondary N) is 1. The van der Waals surface area contributed by atoms with Crippen molar-refractivity contribution in [3.8, 4) is 5.69 Å². The standard InChI is InChI=1S/C20H17F3N4O2/c1-9(2)18-12(7-15(23)20(28)29)17-16(5-10-8-24-26-19(10)25-17)27(18)11-3-4-13(21)14(22)6-11/h3-6,8-9,15H,7H2,1-2H3,(H,28,29)(H,24,25,26)/t15-/m1/s1. The number of carboxylic acid groups (broad SMARTS) is 1. The van der Waals surface area contributed by atoms with E-state index in [-0.39, 0.29) is 5.92 Å². The zero-order valence-electron chi connectivity index (χ0n) is 15.6. The maximum Gasteiger partial charge on any atom is 0.338 e. The molecule has 0 aliphatic heterocycles. The lowest BCUT2D eigenvalue weighted by atomic mass is 10.0. The van der Waals surface area contributed by atoms with Gasteiger partial charge in [0.25, 0.3) is 0 Å². The van der Waals surface area contributed by atoms with Crippen LogP contribution in [0.4, 0.5) is 13.2 Å². The average Bonchev–Trinajstić information content (AvgIpc) is 3.24. The molecule has 0 saturated carbocycles. The van der Waals surface area contributed by atoms with E-state index in [9.17, 15) is 18.0 Å². The van der Waals surface area contributed by atoms with Crippen LogP contribution < -0.4 is 0 Å². The normalized spacial score (nSPS) is 12.9. The van der Waals surface area contributed by atoms with Crippen LogP contribution in [0, 0.1) is 11.6 Å². The molecule has 0 radical (unpaired) electrons. The highest BCUT2D eigenvalue weighted by atomic mass is 19.2. The quantitative estimate of drug-likeness (QED) is 0.522. The lowest BCUT2D eigenvalue weighted by molar-refractivity contribution is -0.142. The Morgan fingerprint density at radius 1 is 1.24 bits per heavy atom. The van der Waals surface area contributed by atoms with Gasteiger partial charge in [0.15, 0.2) is 17.3 Å². The van der Waals surface area contributed by atoms with Crippen LogP contribution >= 0.6 is 0 Å². The van der Waals surface area contributed by atoms with Crippen LogP contribution in [0.5, 0.6) is 0 Å². The molecule has 0 spiro atoms. The first-order valence-electron chi connectivity index (χ1n) is 8.97. The van der Waals surface area contributed by atoms with E-state index in [1.54, 1.807) is 16.8 Å². The Balaban J connectivity index is 2.10. The summed E-state index contributed by atoms with van der Waals surface area (Å²) in [7, 11) is 0. The van der Waals surface area contributed by atoms with Crippen molar-refractivity contribution in [2.45, 2.75) is 32.4 Å². The monoisotopic (exact) mass is 402 g/mol. The number of H-pyrrole nitrogens is 1. The maximum absolute atomic E-state index is 14.2. The molecule has 0 amide bonds. The molecule has 1 atom stereocenters. The van der Waals surface area contributed by atoms with Crippen LogP contribution in [0.1, 0.15) is 31.0 Å². The van der Waals surface area contributed by atoms with Gasteiger partial charge in [-0.05, 0) is 24.1 Å². The number of fused-ring (bicyclic) bond motifs is 2. The molecule has 150 valence electrons. The first kappa shape index (κ1) is 19.0. The molecule has 3 heterocycles. The van der Waals surface area contributed by atoms with Crippen molar-refractivity contribution in [3.63, 3.8) is 0 Å². The molecule has 0 bridgehead atoms. The molecular formula is C20H17F3N4O2. The predicted octanol–water partition coefficient (Wildman–Crippen LogP) is 4.27. The molecule has 0 aliphatic rings. The van der Waals surface area contributed by atoms with Gasteiger partial charge in [-0.25, -0.2) is 22.9 Å². The summed E-state index contributed by atoms with van der Waals surface area (Å²) in [6.07, 6.45) is -0.965. The largest absolute Gasteiger partial charge is 0.479 e. The minimum Gasteiger partial charge on any atom is -0.479 e. The van der Waals surface area contributed by atoms with Gasteiger partial charge in [-0.1, -0.05) is 13.8 Å². The number of halogens is 3. The molecule has 0 aliphatic carbocycles. The summed E-state index contributed by atoms with van der Waals surface area (Å²) in [4.78, 5) is 15.7. The molecule has 29 heavy (non-hydrogen) atoms. The molecule has 6 nitrogen and oxygen atoms in total. The van der Waals surface area contributed by atoms with Crippen LogP contribution in [-0.2, 0) is 11.2 Å². The van der Waals surface area contributed by atoms with Crippen LogP contribution in [0.15, 0.2) is 30.5 Å². The average molecular weight is 402 g/mol. The second kappa shape index (κ2) is 6.91. The molecule has 0 saturated heterocycles. The Morgan fingerprint density at radius 2 is 2.00 bits per heavy atom. The molecule has 4 rings (SSSR count). The smallest absolute Gasteiger partial charge is 0.338 e. The lowest BCUT2D eigenvalue weighted by Gasteiger charge is -2.16. The van der Waals surface area contributed by atoms with E-state index >= 15 is 0 Å². The third-order valence-electron chi connectivity index (χ3n) is 4.84. The van der Waals surface area contributed by atoms with Crippen LogP contribution in [0.25, 0.3) is 27.8 Å². The highest BCUT2D eigenvalue weighted by molar-refractivity contribution is 5.93. The third-order valence-corrected chi connectivity index (χ3v) is 4.84. The number of hydrogen-bond acceptors (Lipinski definition) is 3. The van der Waals surface area contributed by atoms with E-state index < -0.39 is 30.2 Å². The number of rotatable bonds is 5. The SMILES string of the molecule is CC(C)c1c(C[C@@H](F)C(=O)O)c2nc3[nH]ncc3cc2n1-c1ccc(F)c(F)c1. The zero-order valence-corrected chi connectivity index (χ0v) is 15.6. The van der Waals surface area contributed by atoms with Crippen molar-refractivity contribution in [2.75, 3.05) is 0 Å². The van der Waals surface area contributed by atoms with Gasteiger partial charge in [-0.3, -0.25) is 5.10 Å². The summed E-state index contributed by atoms with van der Waals surface area (Å²) in [5, 5.41) is 16.4. The van der Waals surface area contributed by atoms with E-state index in [4.69, 9.17) is 5.11 Å². The molecular weight excluding hydrogens is 385 g/mol. The van der Waals surface area contributed by atoms with Crippen molar-refractivity contribution in [3.05, 3.63) is 53.4 Å². The first-order valence-corrected chi connectivity index (χ1v) is 8.97. The van der Waals surface area contributed by atoms with E-state index in [0.29, 0.717) is 39.0 Å². The Bertz CT molecular complexity index is 1250. The number of pyridine rings is 1. The van der Waals surface area contributed by atoms with Gasteiger partial charge in [0.1, 0.15) is 0 Å². The van der Waals surface area contributed by atoms with E-state index in [1.807, 2.05) is 13.8 Å². The second-order valence-corrected chi connectivity index (χ2v) is 7.13. The molecule has 4 aromatic rings. The topological polar surface area (TPSA) is 83.8 Å². The van der Waals surface area contributed by atoms with Gasteiger partial charge < -0.3 is 9.67 Å². The van der Waals surface area contributed by atoms with Gasteiger partial charge in [-0.15, -0.1) is 0 Å². The number of carbonyl (C=O) groups is 1. The van der Waals surface area contributed by atoms with Crippen molar-refractivity contribution in [2.24, 2.45) is 0 Å². The van der Waals surface area contributed by atoms with Crippen LogP contribution in [-0.4, -0.2) is 37.0 Å². The number of aliphatic carboxylic acids is 1. The number of aromatic amines is 1. The van der Waals surface area contributed by atoms with Crippen LogP contribution in [0.3, 0.4) is 0 Å². The fourth-order valence-electron chi connectivity index (χ4n) is 3.62. The molecule has 3 aromatic heterocycles. The minimum atomic E-state index is -2.13. The van der Waals surface area contributed by atoms with Gasteiger partial charge in [-0.2, -0.15) is 5.10 Å². The summed E-state index contributed by atoms with van der Waals surface area (Å²) < 4.78 is 43.3. The van der Waals surface area contributed by atoms with Crippen LogP contribution in [0.2, 0.25) is 0 Å². The number of benzene rings is 1. The highest BCUT2D eigenvalue weighted by Crippen LogP contribution is 2.36.